The van der Waals surface area contributed by atoms with E-state index in [-0.39, 0.29) is 133 Å². The Morgan fingerprint density at radius 3 is 1.61 bits per heavy atom. The van der Waals surface area contributed by atoms with Crippen molar-refractivity contribution in [3.8, 4) is 0 Å². The largest absolute Gasteiger partial charge is 0.481 e. The molecule has 1 unspecified atom stereocenters. The summed E-state index contributed by atoms with van der Waals surface area (Å²) >= 11 is 7.83. The van der Waals surface area contributed by atoms with Gasteiger partial charge in [-0.25, -0.2) is 29.5 Å². The molecule has 1 heterocycles. The third kappa shape index (κ3) is 39.4. The van der Waals surface area contributed by atoms with Crippen molar-refractivity contribution in [3.05, 3.63) is 99.3 Å². The van der Waals surface area contributed by atoms with Gasteiger partial charge in [-0.15, -0.1) is 0 Å². The minimum atomic E-state index is -1.58. The predicted octanol–water partition coefficient (Wildman–Crippen LogP) is 2.95. The van der Waals surface area contributed by atoms with Gasteiger partial charge in [0.2, 0.25) is 17.7 Å². The van der Waals surface area contributed by atoms with Gasteiger partial charge in [0.15, 0.2) is 5.11 Å². The number of carbonyl (C=O) groups is 13. The van der Waals surface area contributed by atoms with E-state index in [1.807, 2.05) is 29.6 Å². The van der Waals surface area contributed by atoms with Gasteiger partial charge in [-0.2, -0.15) is 5.11 Å². The van der Waals surface area contributed by atoms with Crippen LogP contribution in [0.3, 0.4) is 0 Å². The van der Waals surface area contributed by atoms with Crippen LogP contribution in [0.4, 0.5) is 21.0 Å². The van der Waals surface area contributed by atoms with Crippen molar-refractivity contribution >= 4 is 135 Å². The second kappa shape index (κ2) is 50.4. The summed E-state index contributed by atoms with van der Waals surface area (Å²) in [6.07, 6.45) is 4.61. The van der Waals surface area contributed by atoms with Crippen LogP contribution in [0, 0.1) is 9.10 Å². The lowest BCUT2D eigenvalue weighted by Crippen LogP contribution is -2.53. The van der Waals surface area contributed by atoms with Gasteiger partial charge >= 0.3 is 59.8 Å². The van der Waals surface area contributed by atoms with Crippen LogP contribution in [0.5, 0.6) is 0 Å². The minimum Gasteiger partial charge on any atom is -0.481 e. The van der Waals surface area contributed by atoms with Gasteiger partial charge in [-0.1, -0.05) is 49.2 Å². The maximum Gasteiger partial charge on any atom is 0.326 e. The molecule has 1 aliphatic rings. The second-order valence-corrected chi connectivity index (χ2v) is 27.4. The molecule has 0 aliphatic carbocycles. The van der Waals surface area contributed by atoms with Gasteiger partial charge in [0.05, 0.1) is 44.6 Å². The van der Waals surface area contributed by atoms with Crippen molar-refractivity contribution in [3.63, 3.8) is 0 Å². The summed E-state index contributed by atoms with van der Waals surface area (Å²) in [6.45, 7) is -0.517. The van der Waals surface area contributed by atoms with Crippen molar-refractivity contribution in [2.45, 2.75) is 133 Å². The first-order chi connectivity index (χ1) is 51.9. The smallest absolute Gasteiger partial charge is 0.326 e. The monoisotopic (exact) mass is 1660 g/mol. The fourth-order valence-electron chi connectivity index (χ4n) is 11.5. The number of amides is 7. The molecule has 0 spiro atoms. The number of carboxylic acid groups (broad SMARTS) is 8. The Kier molecular flexibility index (Phi) is 42.2. The molecule has 5 atom stereocenters. The van der Waals surface area contributed by atoms with Crippen LogP contribution in [-0.4, -0.2) is 271 Å². The minimum absolute atomic E-state index is 0.0229. The first-order valence-corrected chi connectivity index (χ1v) is 36.9. The van der Waals surface area contributed by atoms with Crippen molar-refractivity contribution in [2.75, 3.05) is 109 Å². The molecule has 0 aromatic heterocycles. The number of unbranched alkanes of at least 4 members (excludes halogenated alkanes) is 4. The van der Waals surface area contributed by atoms with Gasteiger partial charge in [-0.3, -0.25) is 58.0 Å². The molecule has 39 heteroatoms. The number of hydrogen-bond donors (Lipinski definition) is 19. The molecule has 0 bridgehead atoms. The molecular formula is C70H99IN16O21S. The summed E-state index contributed by atoms with van der Waals surface area (Å²) in [6, 6.07) is 13.3. The van der Waals surface area contributed by atoms with Crippen LogP contribution in [0.1, 0.15) is 107 Å². The first kappa shape index (κ1) is 91.2. The quantitative estimate of drug-likeness (QED) is 0.0167. The Morgan fingerprint density at radius 2 is 1.02 bits per heavy atom. The molecule has 0 radical (unpaired) electrons. The number of benzene rings is 3. The number of thiocarbonyl (C=S) groups is 1. The number of anilines is 2. The molecule has 19 N–H and O–H groups in total. The van der Waals surface area contributed by atoms with Crippen molar-refractivity contribution in [1.82, 2.24) is 62.1 Å². The van der Waals surface area contributed by atoms with Crippen molar-refractivity contribution in [2.24, 2.45) is 5.11 Å². The van der Waals surface area contributed by atoms with E-state index in [1.165, 1.54) is 6.07 Å². The summed E-state index contributed by atoms with van der Waals surface area (Å²) in [4.78, 5) is 167. The van der Waals surface area contributed by atoms with Gasteiger partial charge in [0.1, 0.15) is 24.2 Å². The number of halogens is 1. The van der Waals surface area contributed by atoms with Gasteiger partial charge < -0.3 is 94.0 Å². The molecule has 1 saturated heterocycles. The highest BCUT2D eigenvalue weighted by atomic mass is 127. The van der Waals surface area contributed by atoms with E-state index in [0.717, 1.165) is 27.3 Å². The van der Waals surface area contributed by atoms with Crippen LogP contribution in [-0.2, 0) is 65.6 Å². The maximum absolute atomic E-state index is 14.1. The lowest BCUT2D eigenvalue weighted by Gasteiger charge is -2.37. The molecule has 3 aromatic rings. The summed E-state index contributed by atoms with van der Waals surface area (Å²) in [5.74, 6) is -11.7. The third-order valence-electron chi connectivity index (χ3n) is 17.1. The van der Waals surface area contributed by atoms with Crippen LogP contribution in [0.15, 0.2) is 84.1 Å². The normalized spacial score (nSPS) is 15.1. The Bertz CT molecular complexity index is 3580. The second-order valence-electron chi connectivity index (χ2n) is 25.8. The highest BCUT2D eigenvalue weighted by molar-refractivity contribution is 14.1. The molecule has 4 rings (SSSR count). The highest BCUT2D eigenvalue weighted by Gasteiger charge is 2.31. The zero-order chi connectivity index (χ0) is 80.2. The Balaban J connectivity index is 1.39. The summed E-state index contributed by atoms with van der Waals surface area (Å²) in [5, 5.41) is 108. The summed E-state index contributed by atoms with van der Waals surface area (Å²) in [5.41, 5.74) is 10.8. The molecule has 598 valence electrons. The standard InChI is InChI=1S/C70H99IN16O21S/c71-48-21-17-45(18-22-48)10-8-16-57(88)73-27-5-1-2-14-53(65(101)102)81-64(100)52(80-58(89)39-76-56(38-77-72)47-11-9-12-50(37-47)78-68(107)74-28-6-4-15-54(66(103)104)82-69(108)83-55(67(105)106)25-26-59(90)91)13-3-7-29-75-70(109)79-49-23-19-46(20-24-49)36-51-40-86(43-62(96)97)33-32-84(41-60(92)93)30-31-85(42-61(94)95)34-35-87(51)44-63(98)99/h9,11-12,17-24,37-38,51-55,72,76H,1-8,10,13-16,25-36,39-44H2,(H,73,88)(H,80,89)(H,81,100)(H,90,91)(H,92,93)(H,94,95)(H,96,97)(H,98,99)(H,101,102)(H,103,104)(H,105,106)(H2,74,78,107)(H2,75,79,109)(H2,82,83,108)/b56-38-,77-72?/t51?,52-,53-,54-,55-/m0/s1. The van der Waals surface area contributed by atoms with E-state index in [2.05, 4.69) is 75.6 Å². The summed E-state index contributed by atoms with van der Waals surface area (Å²) in [7, 11) is 0. The first-order valence-electron chi connectivity index (χ1n) is 35.4. The number of hydrogen-bond acceptors (Lipinski definition) is 21. The molecule has 109 heavy (non-hydrogen) atoms. The summed E-state index contributed by atoms with van der Waals surface area (Å²) < 4.78 is 1.12. The van der Waals surface area contributed by atoms with E-state index in [1.54, 1.807) is 62.1 Å². The average molecular weight is 1660 g/mol. The van der Waals surface area contributed by atoms with Crippen molar-refractivity contribution < 1.29 is 103 Å². The number of aryl methyl sites for hydroxylation is 1. The number of aliphatic carboxylic acids is 8. The van der Waals surface area contributed by atoms with Crippen LogP contribution in [0.2, 0.25) is 0 Å². The van der Waals surface area contributed by atoms with Crippen LogP contribution >= 0.6 is 34.8 Å². The fraction of sp³-hybridized carbons (Fsp3) is 0.514. The number of urea groups is 2. The van der Waals surface area contributed by atoms with Crippen LogP contribution < -0.4 is 53.2 Å². The lowest BCUT2D eigenvalue weighted by molar-refractivity contribution is -0.142. The molecule has 37 nitrogen and oxygen atoms in total. The molecule has 0 saturated carbocycles. The number of carbonyl (C=O) groups excluding carboxylic acids is 5. The molecule has 1 fully saturated rings. The predicted molar refractivity (Wildman–Crippen MR) is 408 cm³/mol. The number of nitrogens with one attached hydrogen (secondary N) is 11. The zero-order valence-corrected chi connectivity index (χ0v) is 63.2. The highest BCUT2D eigenvalue weighted by Crippen LogP contribution is 2.20. The molecule has 3 aromatic carbocycles. The Morgan fingerprint density at radius 1 is 0.495 bits per heavy atom. The van der Waals surface area contributed by atoms with E-state index >= 15 is 0 Å². The number of nitrogens with zero attached hydrogens (tertiary/aromatic N) is 5. The molecule has 1 aliphatic heterocycles. The van der Waals surface area contributed by atoms with E-state index in [9.17, 15) is 98.1 Å². The fourth-order valence-corrected chi connectivity index (χ4v) is 12.1. The molecular weight excluding hydrogens is 1560 g/mol. The van der Waals surface area contributed by atoms with Gasteiger partial charge in [0.25, 0.3) is 0 Å². The number of carboxylic acids is 8. The van der Waals surface area contributed by atoms with Crippen molar-refractivity contribution in [1.29, 1.82) is 5.53 Å². The maximum atomic E-state index is 14.1. The van der Waals surface area contributed by atoms with Gasteiger partial charge in [-0.05, 0) is 159 Å². The van der Waals surface area contributed by atoms with Crippen LogP contribution in [0.25, 0.3) is 5.70 Å². The third-order valence-corrected chi connectivity index (χ3v) is 18.1. The topological polar surface area (TPSA) is 553 Å². The van der Waals surface area contributed by atoms with E-state index in [0.29, 0.717) is 62.7 Å². The lowest BCUT2D eigenvalue weighted by atomic mass is 10.0. The van der Waals surface area contributed by atoms with E-state index < -0.39 is 134 Å². The Hall–Kier alpha value is -10.2. The SMILES string of the molecule is N=N/C=C(\NCC(=O)N[C@@H](CCCCNC(=S)Nc1ccc(CC2CN(CC(=O)O)CCN(CC(=O)O)CCN(CC(=O)O)CCN2CC(=O)O)cc1)C(=O)N[C@@H](CCCCCNC(=O)CCCc1ccc(I)cc1)C(=O)O)c1cccc(NC(=O)NCCCC[C@H](NC(=O)N[C@@H](CCC(=O)O)C(=O)O)C(=O)O)c1. The zero-order valence-electron chi connectivity index (χ0n) is 60.2. The Labute approximate surface area is 648 Å². The van der Waals surface area contributed by atoms with E-state index in [4.69, 9.17) is 22.9 Å². The average Bonchev–Trinajstić information content (AvgIpc) is 0.860. The van der Waals surface area contributed by atoms with Gasteiger partial charge in [0, 0.05) is 105 Å². The number of rotatable bonds is 48. The molecule has 7 amide bonds.